The van der Waals surface area contributed by atoms with Crippen molar-refractivity contribution in [3.63, 3.8) is 0 Å². The maximum atomic E-state index is 5.95. The second-order valence-electron chi connectivity index (χ2n) is 4.64. The smallest absolute Gasteiger partial charge is 0.296 e. The number of H-pyrrole nitrogens is 1. The number of thiazole rings is 1. The molecule has 3 aromatic heterocycles. The zero-order valence-electron chi connectivity index (χ0n) is 11.2. The maximum Gasteiger partial charge on any atom is 0.296 e. The highest BCUT2D eigenvalue weighted by Gasteiger charge is 2.22. The van der Waals surface area contributed by atoms with Crippen LogP contribution in [0.3, 0.4) is 0 Å². The van der Waals surface area contributed by atoms with E-state index in [1.165, 1.54) is 0 Å². The molecular formula is C12H11ClN6O2S. The molecule has 0 aromatic carbocycles. The summed E-state index contributed by atoms with van der Waals surface area (Å²) in [6, 6.07) is 0.386. The molecule has 1 aliphatic rings. The van der Waals surface area contributed by atoms with Gasteiger partial charge < -0.3 is 19.8 Å². The largest absolute Gasteiger partial charge is 0.457 e. The summed E-state index contributed by atoms with van der Waals surface area (Å²) in [4.78, 5) is 19.9. The molecule has 0 radical (unpaired) electrons. The molecule has 1 saturated heterocycles. The molecule has 0 aliphatic carbocycles. The molecule has 0 amide bonds. The third-order valence-corrected chi connectivity index (χ3v) is 4.03. The lowest BCUT2D eigenvalue weighted by Gasteiger charge is -2.25. The number of nitrogens with zero attached hydrogens (tertiary/aromatic N) is 4. The molecule has 0 spiro atoms. The number of rotatable bonds is 5. The Balaban J connectivity index is 1.60. The van der Waals surface area contributed by atoms with Crippen LogP contribution in [0.25, 0.3) is 11.2 Å². The van der Waals surface area contributed by atoms with Crippen LogP contribution in [0.5, 0.6) is 6.01 Å². The number of fused-ring (bicyclic) bond motifs is 1. The Hall–Kier alpha value is -1.97. The molecular weight excluding hydrogens is 328 g/mol. The lowest BCUT2D eigenvalue weighted by Crippen LogP contribution is -2.38. The first kappa shape index (κ1) is 13.7. The van der Waals surface area contributed by atoms with Crippen LogP contribution in [0.1, 0.15) is 5.01 Å². The topological polar surface area (TPSA) is 97.8 Å². The summed E-state index contributed by atoms with van der Waals surface area (Å²) < 4.78 is 10.7. The molecule has 10 heteroatoms. The number of imidazole rings is 1. The molecule has 1 aliphatic heterocycles. The van der Waals surface area contributed by atoms with E-state index in [0.717, 1.165) is 5.01 Å². The molecule has 3 aromatic rings. The highest BCUT2D eigenvalue weighted by molar-refractivity contribution is 7.09. The van der Waals surface area contributed by atoms with Crippen LogP contribution < -0.4 is 10.1 Å². The van der Waals surface area contributed by atoms with E-state index < -0.39 is 0 Å². The van der Waals surface area contributed by atoms with Crippen molar-refractivity contribution in [3.8, 4) is 6.01 Å². The minimum atomic E-state index is 0.0238. The van der Waals surface area contributed by atoms with Crippen LogP contribution >= 0.6 is 22.9 Å². The summed E-state index contributed by atoms with van der Waals surface area (Å²) in [7, 11) is 0. The van der Waals surface area contributed by atoms with Crippen LogP contribution in [-0.2, 0) is 11.3 Å². The molecule has 0 bridgehead atoms. The quantitative estimate of drug-likeness (QED) is 0.685. The second-order valence-corrected chi connectivity index (χ2v) is 5.96. The molecule has 4 heterocycles. The highest BCUT2D eigenvalue weighted by atomic mass is 35.5. The molecule has 0 saturated carbocycles. The second kappa shape index (κ2) is 5.67. The van der Waals surface area contributed by atoms with Gasteiger partial charge in [0.25, 0.3) is 6.01 Å². The van der Waals surface area contributed by atoms with Crippen LogP contribution in [-0.4, -0.2) is 44.2 Å². The number of ether oxygens (including phenoxy) is 2. The molecule has 1 fully saturated rings. The van der Waals surface area contributed by atoms with E-state index in [4.69, 9.17) is 21.1 Å². The van der Waals surface area contributed by atoms with E-state index in [2.05, 4.69) is 30.2 Å². The predicted molar refractivity (Wildman–Crippen MR) is 81.4 cm³/mol. The minimum absolute atomic E-state index is 0.0238. The van der Waals surface area contributed by atoms with Gasteiger partial charge in [0.2, 0.25) is 5.28 Å². The molecule has 114 valence electrons. The minimum Gasteiger partial charge on any atom is -0.457 e. The standard InChI is InChI=1S/C12H11ClN6O2S/c13-11-17-9(15-3-7-14-1-2-22-7)8-10(18-11)19-12(16-8)21-6-4-20-5-6/h1-2,6H,3-5H2,(H2,15,16,17,18,19). The molecule has 0 atom stereocenters. The van der Waals surface area contributed by atoms with E-state index in [9.17, 15) is 0 Å². The number of hydrogen-bond acceptors (Lipinski definition) is 8. The van der Waals surface area contributed by atoms with Crippen molar-refractivity contribution >= 4 is 39.9 Å². The summed E-state index contributed by atoms with van der Waals surface area (Å²) in [6.45, 7) is 1.68. The lowest BCUT2D eigenvalue weighted by molar-refractivity contribution is -0.0827. The highest BCUT2D eigenvalue weighted by Crippen LogP contribution is 2.24. The molecule has 4 rings (SSSR count). The Morgan fingerprint density at radius 1 is 1.41 bits per heavy atom. The fourth-order valence-electron chi connectivity index (χ4n) is 1.97. The van der Waals surface area contributed by atoms with Crippen molar-refractivity contribution in [2.24, 2.45) is 0 Å². The Morgan fingerprint density at radius 3 is 3.05 bits per heavy atom. The van der Waals surface area contributed by atoms with Gasteiger partial charge in [-0.15, -0.1) is 11.3 Å². The van der Waals surface area contributed by atoms with Gasteiger partial charge in [-0.05, 0) is 11.6 Å². The van der Waals surface area contributed by atoms with Crippen molar-refractivity contribution in [2.45, 2.75) is 12.6 Å². The van der Waals surface area contributed by atoms with Crippen molar-refractivity contribution in [3.05, 3.63) is 21.9 Å². The van der Waals surface area contributed by atoms with Gasteiger partial charge in [-0.25, -0.2) is 4.98 Å². The zero-order valence-corrected chi connectivity index (χ0v) is 12.8. The Labute approximate surface area is 133 Å². The van der Waals surface area contributed by atoms with Gasteiger partial charge in [-0.3, -0.25) is 0 Å². The summed E-state index contributed by atoms with van der Waals surface area (Å²) in [5, 5.41) is 6.18. The van der Waals surface area contributed by atoms with Gasteiger partial charge in [-0.2, -0.15) is 15.0 Å². The van der Waals surface area contributed by atoms with E-state index in [0.29, 0.717) is 42.8 Å². The van der Waals surface area contributed by atoms with Crippen LogP contribution in [0.2, 0.25) is 5.28 Å². The molecule has 0 unspecified atom stereocenters. The van der Waals surface area contributed by atoms with Gasteiger partial charge in [0.05, 0.1) is 19.8 Å². The van der Waals surface area contributed by atoms with Crippen LogP contribution in [0.15, 0.2) is 11.6 Å². The summed E-state index contributed by atoms with van der Waals surface area (Å²) >= 11 is 7.51. The average molecular weight is 339 g/mol. The summed E-state index contributed by atoms with van der Waals surface area (Å²) in [5.74, 6) is 0.567. The number of halogens is 1. The SMILES string of the molecule is Clc1nc(NCc2nccs2)c2[nH]c(OC3COC3)nc2n1. The fourth-order valence-corrected chi connectivity index (χ4v) is 2.69. The Kier molecular flexibility index (Phi) is 3.53. The average Bonchev–Trinajstić information content (AvgIpc) is 3.09. The Bertz CT molecular complexity index is 788. The van der Waals surface area contributed by atoms with E-state index in [1.807, 2.05) is 5.38 Å². The predicted octanol–water partition coefficient (Wildman–Crippen LogP) is 1.85. The van der Waals surface area contributed by atoms with Gasteiger partial charge in [0, 0.05) is 11.6 Å². The van der Waals surface area contributed by atoms with Crippen molar-refractivity contribution in [2.75, 3.05) is 18.5 Å². The van der Waals surface area contributed by atoms with Crippen molar-refractivity contribution < 1.29 is 9.47 Å². The van der Waals surface area contributed by atoms with Crippen LogP contribution in [0, 0.1) is 0 Å². The number of aromatic amines is 1. The van der Waals surface area contributed by atoms with Crippen molar-refractivity contribution in [1.82, 2.24) is 24.9 Å². The first-order chi connectivity index (χ1) is 10.8. The molecule has 2 N–H and O–H groups in total. The number of hydrogen-bond donors (Lipinski definition) is 2. The normalized spacial score (nSPS) is 15.0. The summed E-state index contributed by atoms with van der Waals surface area (Å²) in [6.07, 6.45) is 1.78. The maximum absolute atomic E-state index is 5.95. The first-order valence-electron chi connectivity index (χ1n) is 6.58. The van der Waals surface area contributed by atoms with E-state index in [1.54, 1.807) is 17.5 Å². The number of anilines is 1. The van der Waals surface area contributed by atoms with E-state index >= 15 is 0 Å². The van der Waals surface area contributed by atoms with Crippen LogP contribution in [0.4, 0.5) is 5.82 Å². The fraction of sp³-hybridized carbons (Fsp3) is 0.333. The molecule has 22 heavy (non-hydrogen) atoms. The van der Waals surface area contributed by atoms with Gasteiger partial charge >= 0.3 is 0 Å². The summed E-state index contributed by atoms with van der Waals surface area (Å²) in [5.41, 5.74) is 1.10. The van der Waals surface area contributed by atoms with E-state index in [-0.39, 0.29) is 11.4 Å². The van der Waals surface area contributed by atoms with Gasteiger partial charge in [0.15, 0.2) is 11.5 Å². The van der Waals surface area contributed by atoms with Crippen molar-refractivity contribution in [1.29, 1.82) is 0 Å². The third-order valence-electron chi connectivity index (χ3n) is 3.08. The number of aromatic nitrogens is 5. The Morgan fingerprint density at radius 2 is 2.32 bits per heavy atom. The monoisotopic (exact) mass is 338 g/mol. The first-order valence-corrected chi connectivity index (χ1v) is 7.83. The third kappa shape index (κ3) is 2.70. The molecule has 8 nitrogen and oxygen atoms in total. The lowest BCUT2D eigenvalue weighted by atomic mass is 10.3. The van der Waals surface area contributed by atoms with Gasteiger partial charge in [0.1, 0.15) is 16.6 Å². The van der Waals surface area contributed by atoms with Gasteiger partial charge in [-0.1, -0.05) is 0 Å². The number of nitrogens with one attached hydrogen (secondary N) is 2. The zero-order chi connectivity index (χ0) is 14.9.